The molecule has 2 aliphatic heterocycles. The highest BCUT2D eigenvalue weighted by Crippen LogP contribution is 2.31. The molecule has 0 atom stereocenters. The quantitative estimate of drug-likeness (QED) is 0.537. The average molecular weight is 461 g/mol. The van der Waals surface area contributed by atoms with Crippen LogP contribution in [0.2, 0.25) is 0 Å². The van der Waals surface area contributed by atoms with Crippen LogP contribution in [0.3, 0.4) is 0 Å². The Hall–Kier alpha value is -3.20. The van der Waals surface area contributed by atoms with E-state index in [2.05, 4.69) is 27.5 Å². The number of hydrogen-bond donors (Lipinski definition) is 3. The van der Waals surface area contributed by atoms with Crippen molar-refractivity contribution >= 4 is 39.5 Å². The van der Waals surface area contributed by atoms with E-state index in [0.717, 1.165) is 54.7 Å². The number of likely N-dealkylation sites (N-methyl/N-ethyl adjacent to an activating group) is 1. The predicted octanol–water partition coefficient (Wildman–Crippen LogP) is 3.96. The molecule has 0 aliphatic carbocycles. The van der Waals surface area contributed by atoms with E-state index in [1.165, 1.54) is 5.56 Å². The van der Waals surface area contributed by atoms with Gasteiger partial charge in [-0.05, 0) is 60.5 Å². The van der Waals surface area contributed by atoms with Crippen molar-refractivity contribution in [1.82, 2.24) is 9.80 Å². The van der Waals surface area contributed by atoms with Gasteiger partial charge in [-0.25, -0.2) is 0 Å². The van der Waals surface area contributed by atoms with Crippen molar-refractivity contribution in [3.63, 3.8) is 0 Å². The number of benzene rings is 2. The van der Waals surface area contributed by atoms with Crippen LogP contribution in [0, 0.1) is 5.41 Å². The molecule has 0 radical (unpaired) electrons. The number of nitrogens with zero attached hydrogens (tertiary/aromatic N) is 3. The van der Waals surface area contributed by atoms with Crippen LogP contribution in [0.5, 0.6) is 0 Å². The molecular weight excluding hydrogens is 432 g/mol. The topological polar surface area (TPSA) is 74.7 Å². The van der Waals surface area contributed by atoms with Gasteiger partial charge in [0, 0.05) is 49.7 Å². The van der Waals surface area contributed by atoms with E-state index >= 15 is 0 Å². The first-order valence-electron chi connectivity index (χ1n) is 11.2. The number of rotatable bonds is 5. The molecule has 3 aromatic rings. The highest BCUT2D eigenvalue weighted by atomic mass is 32.1. The van der Waals surface area contributed by atoms with Crippen LogP contribution >= 0.6 is 11.3 Å². The van der Waals surface area contributed by atoms with Crippen LogP contribution < -0.4 is 15.5 Å². The fourth-order valence-corrected chi connectivity index (χ4v) is 4.96. The van der Waals surface area contributed by atoms with E-state index < -0.39 is 0 Å². The Balaban J connectivity index is 1.18. The molecule has 2 aromatic carbocycles. The maximum Gasteiger partial charge on any atom is 0.255 e. The average Bonchev–Trinajstić information content (AvgIpc) is 3.32. The second-order valence-corrected chi connectivity index (χ2v) is 9.47. The molecule has 1 fully saturated rings. The summed E-state index contributed by atoms with van der Waals surface area (Å²) in [7, 11) is 2.16. The maximum absolute atomic E-state index is 12.7. The van der Waals surface area contributed by atoms with Crippen molar-refractivity contribution in [2.24, 2.45) is 0 Å². The molecule has 33 heavy (non-hydrogen) atoms. The van der Waals surface area contributed by atoms with E-state index in [-0.39, 0.29) is 5.91 Å². The number of hydrogen-bond acceptors (Lipinski definition) is 6. The predicted molar refractivity (Wildman–Crippen MR) is 136 cm³/mol. The highest BCUT2D eigenvalue weighted by molar-refractivity contribution is 7.14. The fraction of sp³-hybridized carbons (Fsp3) is 0.280. The zero-order valence-corrected chi connectivity index (χ0v) is 19.5. The number of thiophene rings is 1. The van der Waals surface area contributed by atoms with Gasteiger partial charge < -0.3 is 20.4 Å². The Morgan fingerprint density at radius 1 is 1.03 bits per heavy atom. The first kappa shape index (κ1) is 21.6. The zero-order valence-electron chi connectivity index (χ0n) is 18.7. The van der Waals surface area contributed by atoms with E-state index in [4.69, 9.17) is 5.41 Å². The Kier molecular flexibility index (Phi) is 6.13. The lowest BCUT2D eigenvalue weighted by Crippen LogP contribution is -2.43. The van der Waals surface area contributed by atoms with Crippen LogP contribution in [0.4, 0.5) is 16.4 Å². The molecule has 5 rings (SSSR count). The molecule has 0 unspecified atom stereocenters. The summed E-state index contributed by atoms with van der Waals surface area (Å²) in [6, 6.07) is 17.5. The molecule has 7 nitrogen and oxygen atoms in total. The second-order valence-electron chi connectivity index (χ2n) is 8.55. The molecule has 0 bridgehead atoms. The van der Waals surface area contributed by atoms with Crippen molar-refractivity contribution in [2.75, 3.05) is 55.4 Å². The minimum Gasteiger partial charge on any atom is -0.359 e. The monoisotopic (exact) mass is 460 g/mol. The minimum absolute atomic E-state index is 0.121. The maximum atomic E-state index is 12.7. The summed E-state index contributed by atoms with van der Waals surface area (Å²) in [5.74, 6) is 0.364. The lowest BCUT2D eigenvalue weighted by Gasteiger charge is -2.32. The van der Waals surface area contributed by atoms with E-state index in [1.807, 2.05) is 64.9 Å². The van der Waals surface area contributed by atoms with Crippen molar-refractivity contribution in [2.45, 2.75) is 6.54 Å². The molecule has 1 amide bonds. The van der Waals surface area contributed by atoms with Crippen LogP contribution in [0.15, 0.2) is 60.0 Å². The summed E-state index contributed by atoms with van der Waals surface area (Å²) in [5, 5.41) is 17.8. The molecule has 170 valence electrons. The van der Waals surface area contributed by atoms with Crippen molar-refractivity contribution in [3.05, 3.63) is 76.7 Å². The Morgan fingerprint density at radius 3 is 2.48 bits per heavy atom. The van der Waals surface area contributed by atoms with Gasteiger partial charge >= 0.3 is 0 Å². The number of amides is 1. The molecule has 3 heterocycles. The fourth-order valence-electron chi connectivity index (χ4n) is 4.18. The summed E-state index contributed by atoms with van der Waals surface area (Å²) in [5.41, 5.74) is 4.44. The number of carbonyl (C=O) groups excluding carboxylic acids is 1. The number of anilines is 3. The third kappa shape index (κ3) is 4.78. The van der Waals surface area contributed by atoms with Gasteiger partial charge in [0.15, 0.2) is 0 Å². The number of nitrogens with one attached hydrogen (secondary N) is 3. The largest absolute Gasteiger partial charge is 0.359 e. The van der Waals surface area contributed by atoms with Gasteiger partial charge in [0.1, 0.15) is 10.8 Å². The smallest absolute Gasteiger partial charge is 0.255 e. The summed E-state index contributed by atoms with van der Waals surface area (Å²) in [6.07, 6.45) is 0. The summed E-state index contributed by atoms with van der Waals surface area (Å²) in [6.45, 7) is 5.84. The van der Waals surface area contributed by atoms with Gasteiger partial charge in [0.2, 0.25) is 0 Å². The summed E-state index contributed by atoms with van der Waals surface area (Å²) in [4.78, 5) is 19.4. The second kappa shape index (κ2) is 9.35. The Labute approximate surface area is 198 Å². The normalized spacial score (nSPS) is 16.9. The van der Waals surface area contributed by atoms with Crippen molar-refractivity contribution < 1.29 is 4.79 Å². The van der Waals surface area contributed by atoms with Crippen molar-refractivity contribution in [3.8, 4) is 0 Å². The third-order valence-corrected chi connectivity index (χ3v) is 7.12. The first-order chi connectivity index (χ1) is 16.1. The lowest BCUT2D eigenvalue weighted by molar-refractivity contribution is 0.102. The van der Waals surface area contributed by atoms with Crippen LogP contribution in [0.25, 0.3) is 0 Å². The molecule has 2 aliphatic rings. The van der Waals surface area contributed by atoms with Gasteiger partial charge in [0.25, 0.3) is 5.91 Å². The zero-order chi connectivity index (χ0) is 22.8. The van der Waals surface area contributed by atoms with Gasteiger partial charge in [-0.3, -0.25) is 15.1 Å². The Morgan fingerprint density at radius 2 is 1.76 bits per heavy atom. The number of fused-ring (bicyclic) bond motifs is 1. The number of carbonyl (C=O) groups is 1. The molecule has 8 heteroatoms. The summed E-state index contributed by atoms with van der Waals surface area (Å²) < 4.78 is 0. The number of amidine groups is 1. The summed E-state index contributed by atoms with van der Waals surface area (Å²) >= 11 is 1.61. The molecule has 0 spiro atoms. The SMILES string of the molecule is CN1CCN(Cc2ccc(C(=O)Nc3ccc(N4CNc5sccc5C4=N)cc3)cc2)CC1. The molecule has 3 N–H and O–H groups in total. The minimum atomic E-state index is -0.121. The standard InChI is InChI=1S/C25H28N6OS/c1-29-11-13-30(14-12-29)16-18-2-4-19(5-3-18)24(32)28-20-6-8-21(9-7-20)31-17-27-25-22(23(31)26)10-15-33-25/h2-10,15,26-27H,11-14,16-17H2,1H3,(H,28,32). The Bertz CT molecular complexity index is 1130. The molecular formula is C25H28N6OS. The van der Waals surface area contributed by atoms with Gasteiger partial charge in [0.05, 0.1) is 12.2 Å². The molecule has 1 saturated heterocycles. The lowest BCUT2D eigenvalue weighted by atomic mass is 10.1. The van der Waals surface area contributed by atoms with Gasteiger partial charge in [-0.15, -0.1) is 11.3 Å². The van der Waals surface area contributed by atoms with E-state index in [0.29, 0.717) is 18.1 Å². The third-order valence-electron chi connectivity index (χ3n) is 6.24. The molecule has 0 saturated carbocycles. The first-order valence-corrected chi connectivity index (χ1v) is 12.0. The van der Waals surface area contributed by atoms with Crippen LogP contribution in [-0.4, -0.2) is 61.4 Å². The van der Waals surface area contributed by atoms with Crippen molar-refractivity contribution in [1.29, 1.82) is 5.41 Å². The molecule has 1 aromatic heterocycles. The number of piperazine rings is 1. The van der Waals surface area contributed by atoms with Gasteiger partial charge in [-0.2, -0.15) is 0 Å². The van der Waals surface area contributed by atoms with Gasteiger partial charge in [-0.1, -0.05) is 12.1 Å². The van der Waals surface area contributed by atoms with E-state index in [1.54, 1.807) is 11.3 Å². The van der Waals surface area contributed by atoms with Crippen LogP contribution in [0.1, 0.15) is 21.5 Å². The highest BCUT2D eigenvalue weighted by Gasteiger charge is 2.23. The van der Waals surface area contributed by atoms with Crippen LogP contribution in [-0.2, 0) is 6.54 Å². The van der Waals surface area contributed by atoms with E-state index in [9.17, 15) is 4.79 Å².